The number of aliphatic hydroxyl groups excluding tert-OH is 1. The highest BCUT2D eigenvalue weighted by Gasteiger charge is 2.41. The van der Waals surface area contributed by atoms with E-state index in [0.717, 1.165) is 11.3 Å². The van der Waals surface area contributed by atoms with Crippen molar-refractivity contribution in [3.63, 3.8) is 0 Å². The van der Waals surface area contributed by atoms with Gasteiger partial charge in [-0.3, -0.25) is 4.21 Å². The van der Waals surface area contributed by atoms with Crippen molar-refractivity contribution >= 4 is 10.8 Å². The Bertz CT molecular complexity index is 455. The lowest BCUT2D eigenvalue weighted by molar-refractivity contribution is 0.167. The van der Waals surface area contributed by atoms with Crippen LogP contribution in [-0.2, 0) is 10.8 Å². The molecule has 1 saturated carbocycles. The number of rotatable bonds is 9. The molecule has 0 radical (unpaired) electrons. The second kappa shape index (κ2) is 8.09. The molecule has 0 saturated heterocycles. The summed E-state index contributed by atoms with van der Waals surface area (Å²) < 4.78 is 12.3. The molecule has 0 spiro atoms. The summed E-state index contributed by atoms with van der Waals surface area (Å²) in [5.41, 5.74) is 1.17. The average molecular weight is 308 g/mol. The molecule has 1 fully saturated rings. The van der Waals surface area contributed by atoms with Gasteiger partial charge in [0.1, 0.15) is 0 Å². The minimum absolute atomic E-state index is 0.388. The molecule has 1 aliphatic rings. The number of benzene rings is 1. The molecule has 1 aromatic rings. The smallest absolute Gasteiger partial charge is 0.0689 e. The Labute approximate surface area is 131 Å². The van der Waals surface area contributed by atoms with Crippen LogP contribution in [0.5, 0.6) is 0 Å². The molecule has 2 nitrogen and oxygen atoms in total. The van der Waals surface area contributed by atoms with Gasteiger partial charge < -0.3 is 5.11 Å². The van der Waals surface area contributed by atoms with Crippen LogP contribution in [0.3, 0.4) is 0 Å². The zero-order valence-electron chi connectivity index (χ0n) is 13.3. The first-order valence-corrected chi connectivity index (χ1v) is 9.56. The van der Waals surface area contributed by atoms with Crippen molar-refractivity contribution in [3.05, 3.63) is 29.8 Å². The number of hydrogen-bond donors (Lipinski definition) is 1. The Balaban J connectivity index is 1.71. The normalized spacial score (nSPS) is 23.8. The van der Waals surface area contributed by atoms with Crippen LogP contribution in [-0.4, -0.2) is 21.2 Å². The minimum Gasteiger partial charge on any atom is -0.392 e. The van der Waals surface area contributed by atoms with Crippen LogP contribution in [0, 0.1) is 18.8 Å². The molecule has 0 aliphatic heterocycles. The SMILES string of the molecule is CCCCCC[C@H]1C[C@H]1[C@H](O)C[S@](=O)c1ccc(C)cc1. The number of aliphatic hydroxyl groups is 1. The molecule has 0 aromatic heterocycles. The fourth-order valence-electron chi connectivity index (χ4n) is 2.97. The van der Waals surface area contributed by atoms with Crippen LogP contribution >= 0.6 is 0 Å². The summed E-state index contributed by atoms with van der Waals surface area (Å²) in [6, 6.07) is 7.78. The first-order valence-electron chi connectivity index (χ1n) is 8.25. The zero-order valence-corrected chi connectivity index (χ0v) is 14.1. The van der Waals surface area contributed by atoms with Crippen molar-refractivity contribution in [3.8, 4) is 0 Å². The van der Waals surface area contributed by atoms with E-state index >= 15 is 0 Å². The molecule has 21 heavy (non-hydrogen) atoms. The molecule has 0 bridgehead atoms. The van der Waals surface area contributed by atoms with Crippen molar-refractivity contribution in [1.82, 2.24) is 0 Å². The largest absolute Gasteiger partial charge is 0.392 e. The van der Waals surface area contributed by atoms with Crippen molar-refractivity contribution in [2.45, 2.75) is 63.4 Å². The highest BCUT2D eigenvalue weighted by molar-refractivity contribution is 7.85. The fraction of sp³-hybridized carbons (Fsp3) is 0.667. The second-order valence-corrected chi connectivity index (χ2v) is 7.90. The molecule has 1 aromatic carbocycles. The van der Waals surface area contributed by atoms with E-state index in [4.69, 9.17) is 0 Å². The van der Waals surface area contributed by atoms with Gasteiger partial charge in [-0.2, -0.15) is 0 Å². The Kier molecular flexibility index (Phi) is 6.43. The maximum absolute atomic E-state index is 12.3. The predicted molar refractivity (Wildman–Crippen MR) is 88.8 cm³/mol. The predicted octanol–water partition coefficient (Wildman–Crippen LogP) is 4.07. The summed E-state index contributed by atoms with van der Waals surface area (Å²) in [5.74, 6) is 1.45. The Morgan fingerprint density at radius 2 is 1.95 bits per heavy atom. The van der Waals surface area contributed by atoms with Gasteiger partial charge in [0.2, 0.25) is 0 Å². The number of unbranched alkanes of at least 4 members (excludes halogenated alkanes) is 3. The monoisotopic (exact) mass is 308 g/mol. The molecule has 3 heteroatoms. The summed E-state index contributed by atoms with van der Waals surface area (Å²) in [4.78, 5) is 0.833. The van der Waals surface area contributed by atoms with Crippen LogP contribution in [0.2, 0.25) is 0 Å². The van der Waals surface area contributed by atoms with Gasteiger partial charge in [-0.1, -0.05) is 56.7 Å². The van der Waals surface area contributed by atoms with Crippen LogP contribution in [0.4, 0.5) is 0 Å². The van der Waals surface area contributed by atoms with Gasteiger partial charge in [-0.05, 0) is 37.3 Å². The lowest BCUT2D eigenvalue weighted by atomic mass is 10.1. The second-order valence-electron chi connectivity index (χ2n) is 6.40. The first kappa shape index (κ1) is 16.7. The first-order chi connectivity index (χ1) is 10.1. The molecule has 0 heterocycles. The minimum atomic E-state index is -1.08. The highest BCUT2D eigenvalue weighted by Crippen LogP contribution is 2.45. The summed E-state index contributed by atoms with van der Waals surface area (Å²) in [6.45, 7) is 4.25. The maximum atomic E-state index is 12.3. The zero-order chi connectivity index (χ0) is 15.2. The molecule has 2 rings (SSSR count). The van der Waals surface area contributed by atoms with Crippen molar-refractivity contribution in [1.29, 1.82) is 0 Å². The lowest BCUT2D eigenvalue weighted by Gasteiger charge is -2.10. The third-order valence-electron chi connectivity index (χ3n) is 4.51. The highest BCUT2D eigenvalue weighted by atomic mass is 32.2. The van der Waals surface area contributed by atoms with E-state index in [0.29, 0.717) is 17.6 Å². The molecular formula is C18H28O2S. The van der Waals surface area contributed by atoms with Gasteiger partial charge in [0.15, 0.2) is 0 Å². The van der Waals surface area contributed by atoms with Crippen LogP contribution in [0.25, 0.3) is 0 Å². The molecule has 1 N–H and O–H groups in total. The van der Waals surface area contributed by atoms with E-state index in [-0.39, 0.29) is 0 Å². The maximum Gasteiger partial charge on any atom is 0.0689 e. The summed E-state index contributed by atoms with van der Waals surface area (Å²) >= 11 is 0. The quantitative estimate of drug-likeness (QED) is 0.698. The third kappa shape index (κ3) is 5.23. The van der Waals surface area contributed by atoms with Crippen LogP contribution in [0.15, 0.2) is 29.2 Å². The topological polar surface area (TPSA) is 37.3 Å². The Morgan fingerprint density at radius 3 is 2.62 bits per heavy atom. The molecule has 1 aliphatic carbocycles. The molecule has 0 unspecified atom stereocenters. The molecular weight excluding hydrogens is 280 g/mol. The Hall–Kier alpha value is -0.670. The third-order valence-corrected chi connectivity index (χ3v) is 5.95. The van der Waals surface area contributed by atoms with Gasteiger partial charge >= 0.3 is 0 Å². The molecule has 0 amide bonds. The molecule has 118 valence electrons. The van der Waals surface area contributed by atoms with Gasteiger partial charge in [0.25, 0.3) is 0 Å². The van der Waals surface area contributed by atoms with E-state index in [1.807, 2.05) is 31.2 Å². The summed E-state index contributed by atoms with van der Waals surface area (Å²) in [5, 5.41) is 10.3. The van der Waals surface area contributed by atoms with Crippen molar-refractivity contribution < 1.29 is 9.32 Å². The van der Waals surface area contributed by atoms with E-state index in [2.05, 4.69) is 6.92 Å². The summed E-state index contributed by atoms with van der Waals surface area (Å²) in [6.07, 6.45) is 7.14. The number of aryl methyl sites for hydroxylation is 1. The van der Waals surface area contributed by atoms with Gasteiger partial charge in [0, 0.05) is 4.90 Å². The van der Waals surface area contributed by atoms with Crippen LogP contribution < -0.4 is 0 Å². The van der Waals surface area contributed by atoms with E-state index in [1.54, 1.807) is 0 Å². The van der Waals surface area contributed by atoms with E-state index < -0.39 is 16.9 Å². The number of hydrogen-bond acceptors (Lipinski definition) is 2. The van der Waals surface area contributed by atoms with Crippen LogP contribution in [0.1, 0.15) is 51.0 Å². The lowest BCUT2D eigenvalue weighted by Crippen LogP contribution is -2.20. The Morgan fingerprint density at radius 1 is 1.24 bits per heavy atom. The average Bonchev–Trinajstić information content (AvgIpc) is 3.24. The van der Waals surface area contributed by atoms with Gasteiger partial charge in [-0.15, -0.1) is 0 Å². The van der Waals surface area contributed by atoms with Gasteiger partial charge in [-0.25, -0.2) is 0 Å². The van der Waals surface area contributed by atoms with E-state index in [9.17, 15) is 9.32 Å². The van der Waals surface area contributed by atoms with Crippen molar-refractivity contribution in [2.24, 2.45) is 11.8 Å². The standard InChI is InChI=1S/C18H28O2S/c1-3-4-5-6-7-15-12-17(15)18(19)13-21(20)16-10-8-14(2)9-11-16/h8-11,15,17-19H,3-7,12-13H2,1-2H3/t15-,17+,18+,21-/m0/s1. The summed E-state index contributed by atoms with van der Waals surface area (Å²) in [7, 11) is -1.08. The van der Waals surface area contributed by atoms with Crippen molar-refractivity contribution in [2.75, 3.05) is 5.75 Å². The molecule has 4 atom stereocenters. The van der Waals surface area contributed by atoms with E-state index in [1.165, 1.54) is 37.7 Å². The fourth-order valence-corrected chi connectivity index (χ4v) is 4.16. The van der Waals surface area contributed by atoms with Gasteiger partial charge in [0.05, 0.1) is 22.7 Å².